The van der Waals surface area contributed by atoms with E-state index in [0.717, 1.165) is 6.54 Å². The highest BCUT2D eigenvalue weighted by Crippen LogP contribution is 2.27. The van der Waals surface area contributed by atoms with Crippen molar-refractivity contribution < 1.29 is 0 Å². The van der Waals surface area contributed by atoms with E-state index in [-0.39, 0.29) is 0 Å². The number of rotatable bonds is 3. The zero-order chi connectivity index (χ0) is 13.8. The van der Waals surface area contributed by atoms with Crippen molar-refractivity contribution in [2.24, 2.45) is 0 Å². The van der Waals surface area contributed by atoms with Crippen LogP contribution in [0, 0.1) is 11.3 Å². The number of nitrogens with one attached hydrogen (secondary N) is 1. The third-order valence-electron chi connectivity index (χ3n) is 3.67. The van der Waals surface area contributed by atoms with Gasteiger partial charge < -0.3 is 5.32 Å². The molecule has 1 aliphatic heterocycles. The van der Waals surface area contributed by atoms with E-state index in [9.17, 15) is 0 Å². The summed E-state index contributed by atoms with van der Waals surface area (Å²) in [5, 5.41) is 12.4. The minimum atomic E-state index is 0.420. The first kappa shape index (κ1) is 12.7. The highest BCUT2D eigenvalue weighted by atomic mass is 15.0. The van der Waals surface area contributed by atoms with Crippen molar-refractivity contribution in [1.82, 2.24) is 5.32 Å². The van der Waals surface area contributed by atoms with E-state index < -0.39 is 0 Å². The van der Waals surface area contributed by atoms with Crippen LogP contribution in [-0.2, 0) is 0 Å². The fraction of sp³-hybridized carbons (Fsp3) is 0.167. The minimum Gasteiger partial charge on any atom is -0.310 e. The zero-order valence-electron chi connectivity index (χ0n) is 11.2. The molecule has 1 N–H and O–H groups in total. The second-order valence-corrected chi connectivity index (χ2v) is 4.99. The average molecular weight is 260 g/mol. The minimum absolute atomic E-state index is 0.420. The Morgan fingerprint density at radius 2 is 1.80 bits per heavy atom. The van der Waals surface area contributed by atoms with E-state index in [1.165, 1.54) is 23.1 Å². The van der Waals surface area contributed by atoms with Gasteiger partial charge in [-0.1, -0.05) is 42.5 Å². The van der Waals surface area contributed by atoms with Crippen molar-refractivity contribution in [2.75, 3.05) is 6.54 Å². The van der Waals surface area contributed by atoms with Crippen molar-refractivity contribution >= 4 is 11.6 Å². The van der Waals surface area contributed by atoms with Gasteiger partial charge in [-0.15, -0.1) is 0 Å². The molecule has 1 fully saturated rings. The fourth-order valence-electron chi connectivity index (χ4n) is 2.41. The molecular formula is C18H16N2. The molecule has 2 nitrogen and oxygen atoms in total. The Labute approximate surface area is 119 Å². The molecule has 3 rings (SSSR count). The molecule has 0 radical (unpaired) electrons. The summed E-state index contributed by atoms with van der Waals surface area (Å²) in [6, 6.07) is 20.8. The molecule has 0 saturated carbocycles. The van der Waals surface area contributed by atoms with Gasteiger partial charge in [0.1, 0.15) is 0 Å². The van der Waals surface area contributed by atoms with Gasteiger partial charge in [0.05, 0.1) is 11.6 Å². The zero-order valence-corrected chi connectivity index (χ0v) is 11.2. The van der Waals surface area contributed by atoms with Crippen LogP contribution < -0.4 is 5.32 Å². The van der Waals surface area contributed by atoms with Gasteiger partial charge in [-0.25, -0.2) is 0 Å². The van der Waals surface area contributed by atoms with Gasteiger partial charge >= 0.3 is 0 Å². The molecule has 0 aliphatic carbocycles. The lowest BCUT2D eigenvalue weighted by atomic mass is 9.90. The molecule has 2 aromatic rings. The van der Waals surface area contributed by atoms with Crippen molar-refractivity contribution in [3.8, 4) is 6.07 Å². The Balaban J connectivity index is 1.97. The molecule has 1 unspecified atom stereocenters. The number of benzene rings is 2. The van der Waals surface area contributed by atoms with Crippen LogP contribution in [0.1, 0.15) is 23.1 Å². The molecule has 1 atom stereocenters. The van der Waals surface area contributed by atoms with E-state index in [2.05, 4.69) is 41.7 Å². The average Bonchev–Trinajstić information content (AvgIpc) is 2.46. The fourth-order valence-corrected chi connectivity index (χ4v) is 2.41. The first-order valence-corrected chi connectivity index (χ1v) is 6.87. The van der Waals surface area contributed by atoms with Crippen LogP contribution in [0.25, 0.3) is 11.6 Å². The highest BCUT2D eigenvalue weighted by Gasteiger charge is 2.22. The summed E-state index contributed by atoms with van der Waals surface area (Å²) < 4.78 is 0. The normalized spacial score (nSPS) is 18.1. The number of hydrogen-bond donors (Lipinski definition) is 1. The van der Waals surface area contributed by atoms with Crippen LogP contribution in [0.4, 0.5) is 0 Å². The SMILES string of the molecule is N#Cc1ccc(/C(=C/c2ccccc2)C2CCN2)cc1. The predicted molar refractivity (Wildman–Crippen MR) is 81.9 cm³/mol. The van der Waals surface area contributed by atoms with E-state index >= 15 is 0 Å². The molecule has 0 amide bonds. The van der Waals surface area contributed by atoms with E-state index in [1.807, 2.05) is 30.3 Å². The third-order valence-corrected chi connectivity index (χ3v) is 3.67. The Kier molecular flexibility index (Phi) is 3.62. The Morgan fingerprint density at radius 1 is 1.10 bits per heavy atom. The Bertz CT molecular complexity index is 644. The molecule has 2 aromatic carbocycles. The van der Waals surface area contributed by atoms with Crippen molar-refractivity contribution in [2.45, 2.75) is 12.5 Å². The number of nitrogens with zero attached hydrogens (tertiary/aromatic N) is 1. The summed E-state index contributed by atoms with van der Waals surface area (Å²) in [5.41, 5.74) is 4.40. The molecule has 1 heterocycles. The molecule has 0 spiro atoms. The largest absolute Gasteiger partial charge is 0.310 e. The maximum Gasteiger partial charge on any atom is 0.0991 e. The molecule has 98 valence electrons. The quantitative estimate of drug-likeness (QED) is 0.858. The summed E-state index contributed by atoms with van der Waals surface area (Å²) in [4.78, 5) is 0. The van der Waals surface area contributed by atoms with Crippen LogP contribution in [0.3, 0.4) is 0 Å². The topological polar surface area (TPSA) is 35.8 Å². The monoisotopic (exact) mass is 260 g/mol. The summed E-state index contributed by atoms with van der Waals surface area (Å²) >= 11 is 0. The Morgan fingerprint density at radius 3 is 2.35 bits per heavy atom. The highest BCUT2D eigenvalue weighted by molar-refractivity contribution is 5.84. The van der Waals surface area contributed by atoms with Gasteiger partial charge in [0.2, 0.25) is 0 Å². The van der Waals surface area contributed by atoms with E-state index in [1.54, 1.807) is 0 Å². The second kappa shape index (κ2) is 5.73. The molecule has 1 saturated heterocycles. The molecule has 2 heteroatoms. The molecule has 0 aromatic heterocycles. The maximum atomic E-state index is 8.89. The van der Waals surface area contributed by atoms with Crippen molar-refractivity contribution in [1.29, 1.82) is 5.26 Å². The summed E-state index contributed by atoms with van der Waals surface area (Å²) in [7, 11) is 0. The number of hydrogen-bond acceptors (Lipinski definition) is 2. The van der Waals surface area contributed by atoms with Gasteiger partial charge in [0, 0.05) is 6.04 Å². The van der Waals surface area contributed by atoms with E-state index in [4.69, 9.17) is 5.26 Å². The van der Waals surface area contributed by atoms with Gasteiger partial charge in [0.15, 0.2) is 0 Å². The van der Waals surface area contributed by atoms with Gasteiger partial charge in [0.25, 0.3) is 0 Å². The summed E-state index contributed by atoms with van der Waals surface area (Å²) in [5.74, 6) is 0. The molecule has 20 heavy (non-hydrogen) atoms. The van der Waals surface area contributed by atoms with E-state index in [0.29, 0.717) is 11.6 Å². The number of nitriles is 1. The predicted octanol–water partition coefficient (Wildman–Crippen LogP) is 3.46. The summed E-state index contributed by atoms with van der Waals surface area (Å²) in [6.07, 6.45) is 3.40. The summed E-state index contributed by atoms with van der Waals surface area (Å²) in [6.45, 7) is 1.08. The van der Waals surface area contributed by atoms with Crippen LogP contribution in [0.2, 0.25) is 0 Å². The van der Waals surface area contributed by atoms with Crippen molar-refractivity contribution in [3.05, 3.63) is 71.3 Å². The second-order valence-electron chi connectivity index (χ2n) is 4.99. The lowest BCUT2D eigenvalue weighted by molar-refractivity contribution is 0.449. The van der Waals surface area contributed by atoms with Crippen molar-refractivity contribution in [3.63, 3.8) is 0 Å². The van der Waals surface area contributed by atoms with Gasteiger partial charge in [-0.3, -0.25) is 0 Å². The van der Waals surface area contributed by atoms with Crippen LogP contribution >= 0.6 is 0 Å². The first-order chi connectivity index (χ1) is 9.86. The van der Waals surface area contributed by atoms with Crippen LogP contribution in [0.15, 0.2) is 54.6 Å². The Hall–Kier alpha value is -2.37. The van der Waals surface area contributed by atoms with Crippen LogP contribution in [-0.4, -0.2) is 12.6 Å². The lowest BCUT2D eigenvalue weighted by Crippen LogP contribution is -2.43. The smallest absolute Gasteiger partial charge is 0.0991 e. The lowest BCUT2D eigenvalue weighted by Gasteiger charge is -2.30. The third kappa shape index (κ3) is 2.64. The molecular weight excluding hydrogens is 244 g/mol. The maximum absolute atomic E-state index is 8.89. The first-order valence-electron chi connectivity index (χ1n) is 6.87. The van der Waals surface area contributed by atoms with Gasteiger partial charge in [-0.2, -0.15) is 5.26 Å². The van der Waals surface area contributed by atoms with Gasteiger partial charge in [-0.05, 0) is 47.9 Å². The van der Waals surface area contributed by atoms with Crippen LogP contribution in [0.5, 0.6) is 0 Å². The standard InChI is InChI=1S/C18H16N2/c19-13-15-6-8-16(9-7-15)17(18-10-11-20-18)12-14-4-2-1-3-5-14/h1-9,12,18,20H,10-11H2/b17-12-. The molecule has 0 bridgehead atoms. The molecule has 1 aliphatic rings.